The third-order valence-electron chi connectivity index (χ3n) is 2.30. The molecule has 12 heavy (non-hydrogen) atoms. The van der Waals surface area contributed by atoms with Crippen LogP contribution in [0, 0.1) is 0 Å². The van der Waals surface area contributed by atoms with Crippen molar-refractivity contribution in [2.75, 3.05) is 6.54 Å². The molecule has 1 saturated heterocycles. The van der Waals surface area contributed by atoms with Gasteiger partial charge in [-0.2, -0.15) is 0 Å². The van der Waals surface area contributed by atoms with Gasteiger partial charge >= 0.3 is 0 Å². The summed E-state index contributed by atoms with van der Waals surface area (Å²) in [6.07, 6.45) is 3.70. The summed E-state index contributed by atoms with van der Waals surface area (Å²) in [6.45, 7) is 1.09. The Morgan fingerprint density at radius 1 is 1.50 bits per heavy atom. The van der Waals surface area contributed by atoms with Gasteiger partial charge in [0, 0.05) is 6.04 Å². The molecule has 2 heterocycles. The van der Waals surface area contributed by atoms with Crippen LogP contribution in [0.2, 0.25) is 0 Å². The van der Waals surface area contributed by atoms with E-state index in [4.69, 9.17) is 0 Å². The molecule has 2 nitrogen and oxygen atoms in total. The molecule has 0 spiro atoms. The predicted octanol–water partition coefficient (Wildman–Crippen LogP) is 2.27. The van der Waals surface area contributed by atoms with Gasteiger partial charge in [-0.1, -0.05) is 6.42 Å². The summed E-state index contributed by atoms with van der Waals surface area (Å²) in [7, 11) is 0. The number of hydrogen-bond donors (Lipinski definition) is 2. The van der Waals surface area contributed by atoms with Crippen LogP contribution in [-0.2, 0) is 0 Å². The minimum Gasteiger partial charge on any atom is -0.507 e. The molecular formula is C9H13NOS. The summed E-state index contributed by atoms with van der Waals surface area (Å²) >= 11 is 1.64. The van der Waals surface area contributed by atoms with E-state index in [1.54, 1.807) is 17.4 Å². The summed E-state index contributed by atoms with van der Waals surface area (Å²) in [5.41, 5.74) is 0. The second-order valence-electron chi connectivity index (χ2n) is 3.17. The first-order valence-corrected chi connectivity index (χ1v) is 5.25. The van der Waals surface area contributed by atoms with Crippen molar-refractivity contribution < 1.29 is 5.11 Å². The summed E-state index contributed by atoms with van der Waals surface area (Å²) in [6, 6.07) is 2.18. The maximum Gasteiger partial charge on any atom is 0.131 e. The Bertz CT molecular complexity index is 253. The lowest BCUT2D eigenvalue weighted by Gasteiger charge is -2.22. The highest BCUT2D eigenvalue weighted by Crippen LogP contribution is 2.33. The lowest BCUT2D eigenvalue weighted by atomic mass is 10.0. The van der Waals surface area contributed by atoms with Gasteiger partial charge in [0.1, 0.15) is 5.75 Å². The van der Waals surface area contributed by atoms with Crippen molar-refractivity contribution in [2.24, 2.45) is 0 Å². The van der Waals surface area contributed by atoms with E-state index in [0.717, 1.165) is 17.8 Å². The molecule has 0 saturated carbocycles. The molecule has 0 aromatic carbocycles. The minimum atomic E-state index is 0.402. The van der Waals surface area contributed by atoms with Crippen molar-refractivity contribution in [3.05, 3.63) is 16.3 Å². The second kappa shape index (κ2) is 3.46. The van der Waals surface area contributed by atoms with Crippen molar-refractivity contribution in [3.8, 4) is 5.75 Å². The van der Waals surface area contributed by atoms with Gasteiger partial charge < -0.3 is 10.4 Å². The van der Waals surface area contributed by atoms with E-state index < -0.39 is 0 Å². The normalized spacial score (nSPS) is 24.2. The Morgan fingerprint density at radius 3 is 3.00 bits per heavy atom. The molecule has 3 heteroatoms. The number of piperidine rings is 1. The zero-order valence-electron chi connectivity index (χ0n) is 6.92. The van der Waals surface area contributed by atoms with Crippen LogP contribution in [0.4, 0.5) is 0 Å². The quantitative estimate of drug-likeness (QED) is 0.700. The molecule has 0 unspecified atom stereocenters. The lowest BCUT2D eigenvalue weighted by molar-refractivity contribution is 0.397. The Hall–Kier alpha value is -0.540. The molecule has 0 aliphatic carbocycles. The maximum absolute atomic E-state index is 9.47. The van der Waals surface area contributed by atoms with Crippen LogP contribution in [0.3, 0.4) is 0 Å². The van der Waals surface area contributed by atoms with Crippen LogP contribution in [0.25, 0.3) is 0 Å². The van der Waals surface area contributed by atoms with Crippen molar-refractivity contribution in [1.29, 1.82) is 0 Å². The van der Waals surface area contributed by atoms with E-state index in [2.05, 4.69) is 5.32 Å². The van der Waals surface area contributed by atoms with Crippen LogP contribution in [0.15, 0.2) is 11.4 Å². The standard InChI is InChI=1S/C9H13NOS/c11-8-4-6-12-9(8)7-3-1-2-5-10-7/h4,6-7,10-11H,1-3,5H2/t7-/m1/s1. The molecule has 1 aromatic rings. The molecule has 1 aliphatic heterocycles. The topological polar surface area (TPSA) is 32.3 Å². The summed E-state index contributed by atoms with van der Waals surface area (Å²) in [5, 5.41) is 14.8. The smallest absolute Gasteiger partial charge is 0.131 e. The van der Waals surface area contributed by atoms with Crippen LogP contribution in [0.1, 0.15) is 30.2 Å². The fourth-order valence-corrected chi connectivity index (χ4v) is 2.55. The molecule has 2 N–H and O–H groups in total. The van der Waals surface area contributed by atoms with Gasteiger partial charge in [0.25, 0.3) is 0 Å². The number of nitrogens with one attached hydrogen (secondary N) is 1. The average Bonchev–Trinajstić information content (AvgIpc) is 2.53. The van der Waals surface area contributed by atoms with Gasteiger partial charge in [0.2, 0.25) is 0 Å². The van der Waals surface area contributed by atoms with Crippen LogP contribution in [-0.4, -0.2) is 11.7 Å². The van der Waals surface area contributed by atoms with Gasteiger partial charge in [-0.05, 0) is 30.8 Å². The van der Waals surface area contributed by atoms with E-state index in [1.807, 2.05) is 5.38 Å². The molecule has 66 valence electrons. The highest BCUT2D eigenvalue weighted by molar-refractivity contribution is 7.10. The Morgan fingerprint density at radius 2 is 2.42 bits per heavy atom. The van der Waals surface area contributed by atoms with E-state index in [9.17, 15) is 5.11 Å². The SMILES string of the molecule is Oc1ccsc1[C@H]1CCCCN1. The van der Waals surface area contributed by atoms with Crippen molar-refractivity contribution in [2.45, 2.75) is 25.3 Å². The fraction of sp³-hybridized carbons (Fsp3) is 0.556. The molecule has 0 bridgehead atoms. The van der Waals surface area contributed by atoms with E-state index in [0.29, 0.717) is 11.8 Å². The van der Waals surface area contributed by atoms with Crippen LogP contribution >= 0.6 is 11.3 Å². The largest absolute Gasteiger partial charge is 0.507 e. The van der Waals surface area contributed by atoms with Gasteiger partial charge in [-0.25, -0.2) is 0 Å². The number of hydrogen-bond acceptors (Lipinski definition) is 3. The van der Waals surface area contributed by atoms with Gasteiger partial charge in [-0.15, -0.1) is 11.3 Å². The zero-order valence-corrected chi connectivity index (χ0v) is 7.73. The number of thiophene rings is 1. The Balaban J connectivity index is 2.13. The molecular weight excluding hydrogens is 170 g/mol. The molecule has 0 radical (unpaired) electrons. The Kier molecular flexibility index (Phi) is 2.33. The molecule has 1 aliphatic rings. The van der Waals surface area contributed by atoms with Crippen molar-refractivity contribution in [3.63, 3.8) is 0 Å². The summed E-state index contributed by atoms with van der Waals surface area (Å²) < 4.78 is 0. The highest BCUT2D eigenvalue weighted by atomic mass is 32.1. The van der Waals surface area contributed by atoms with Gasteiger partial charge in [0.05, 0.1) is 4.88 Å². The molecule has 0 amide bonds. The van der Waals surface area contributed by atoms with Gasteiger partial charge in [-0.3, -0.25) is 0 Å². The van der Waals surface area contributed by atoms with E-state index in [1.165, 1.54) is 12.8 Å². The molecule has 2 rings (SSSR count). The van der Waals surface area contributed by atoms with Crippen LogP contribution in [0.5, 0.6) is 5.75 Å². The molecule has 1 atom stereocenters. The minimum absolute atomic E-state index is 0.402. The Labute approximate surface area is 76.2 Å². The summed E-state index contributed by atoms with van der Waals surface area (Å²) in [4.78, 5) is 1.11. The van der Waals surface area contributed by atoms with Gasteiger partial charge in [0.15, 0.2) is 0 Å². The third kappa shape index (κ3) is 1.47. The van der Waals surface area contributed by atoms with E-state index in [-0.39, 0.29) is 0 Å². The highest BCUT2D eigenvalue weighted by Gasteiger charge is 2.18. The lowest BCUT2D eigenvalue weighted by Crippen LogP contribution is -2.26. The first-order chi connectivity index (χ1) is 5.88. The van der Waals surface area contributed by atoms with Crippen molar-refractivity contribution in [1.82, 2.24) is 5.32 Å². The second-order valence-corrected chi connectivity index (χ2v) is 4.12. The first-order valence-electron chi connectivity index (χ1n) is 4.37. The maximum atomic E-state index is 9.47. The van der Waals surface area contributed by atoms with Crippen molar-refractivity contribution >= 4 is 11.3 Å². The van der Waals surface area contributed by atoms with Crippen LogP contribution < -0.4 is 5.32 Å². The predicted molar refractivity (Wildman–Crippen MR) is 50.6 cm³/mol. The average molecular weight is 183 g/mol. The summed E-state index contributed by atoms with van der Waals surface area (Å²) in [5.74, 6) is 0.458. The number of aromatic hydroxyl groups is 1. The number of rotatable bonds is 1. The zero-order chi connectivity index (χ0) is 8.39. The third-order valence-corrected chi connectivity index (χ3v) is 3.32. The molecule has 1 aromatic heterocycles. The fourth-order valence-electron chi connectivity index (χ4n) is 1.65. The molecule has 1 fully saturated rings. The monoisotopic (exact) mass is 183 g/mol. The first kappa shape index (κ1) is 8.08. The van der Waals surface area contributed by atoms with E-state index >= 15 is 0 Å².